The molecule has 0 saturated heterocycles. The van der Waals surface area contributed by atoms with Gasteiger partial charge in [-0.25, -0.2) is 0 Å². The first kappa shape index (κ1) is 39.8. The summed E-state index contributed by atoms with van der Waals surface area (Å²) in [7, 11) is -14.3. The highest BCUT2D eigenvalue weighted by atomic mass is 32.2. The fraction of sp³-hybridized carbons (Fsp3) is 0.0256. The molecule has 7 N–H and O–H groups in total. The number of benzene rings is 7. The molecule has 8 aromatic rings. The van der Waals surface area contributed by atoms with Gasteiger partial charge in [0.25, 0.3) is 30.4 Å². The van der Waals surface area contributed by atoms with Crippen LogP contribution in [0.5, 0.6) is 5.75 Å². The fourth-order valence-corrected chi connectivity index (χ4v) is 8.22. The Hall–Kier alpha value is -7.01. The van der Waals surface area contributed by atoms with Crippen molar-refractivity contribution in [3.63, 3.8) is 0 Å². The zero-order chi connectivity index (χ0) is 42.7. The van der Waals surface area contributed by atoms with Crippen LogP contribution in [-0.4, -0.2) is 49.0 Å². The van der Waals surface area contributed by atoms with Gasteiger partial charge in [-0.3, -0.25) is 13.7 Å². The largest absolute Gasteiger partial charge is 0.505 e. The number of azo groups is 3. The summed E-state index contributed by atoms with van der Waals surface area (Å²) < 4.78 is 103. The van der Waals surface area contributed by atoms with Crippen molar-refractivity contribution in [2.75, 3.05) is 5.73 Å². The van der Waals surface area contributed by atoms with E-state index in [4.69, 9.17) is 5.73 Å². The minimum absolute atomic E-state index is 0.000475. The number of nitrogens with one attached hydrogen (secondary N) is 1. The summed E-state index contributed by atoms with van der Waals surface area (Å²) in [4.78, 5) is 1.51. The number of rotatable bonds is 9. The number of phenols is 1. The summed E-state index contributed by atoms with van der Waals surface area (Å²) in [5, 5.41) is 38.8. The van der Waals surface area contributed by atoms with E-state index in [1.54, 1.807) is 6.07 Å². The van der Waals surface area contributed by atoms with Gasteiger partial charge < -0.3 is 15.8 Å². The first-order valence-electron chi connectivity index (χ1n) is 17.3. The number of nitrogens with zero attached hydrogens (tertiary/aromatic N) is 6. The maximum atomic E-state index is 12.6. The van der Waals surface area contributed by atoms with Crippen LogP contribution in [-0.2, 0) is 30.4 Å². The van der Waals surface area contributed by atoms with E-state index in [0.29, 0.717) is 16.8 Å². The number of phenolic OH excluding ortho intramolecular Hbond substituents is 1. The van der Waals surface area contributed by atoms with Crippen LogP contribution in [0.3, 0.4) is 0 Å². The van der Waals surface area contributed by atoms with E-state index < -0.39 is 56.5 Å². The highest BCUT2D eigenvalue weighted by Crippen LogP contribution is 2.44. The Bertz CT molecular complexity index is 3570. The van der Waals surface area contributed by atoms with E-state index in [1.807, 2.05) is 25.1 Å². The minimum atomic E-state index is -4.99. The highest BCUT2D eigenvalue weighted by Gasteiger charge is 2.23. The second-order valence-corrected chi connectivity index (χ2v) is 17.7. The monoisotopic (exact) mass is 864 g/mol. The van der Waals surface area contributed by atoms with Gasteiger partial charge in [0, 0.05) is 49.2 Å². The third-order valence-electron chi connectivity index (χ3n) is 9.39. The smallest absolute Gasteiger partial charge is 0.296 e. The topological polar surface area (TPSA) is 299 Å². The number of aromatic hydroxyl groups is 1. The molecular formula is C39H28N8O10S3. The van der Waals surface area contributed by atoms with Crippen LogP contribution >= 0.6 is 0 Å². The summed E-state index contributed by atoms with van der Waals surface area (Å²) in [6.45, 7) is 1.93. The number of aromatic nitrogens is 1. The highest BCUT2D eigenvalue weighted by molar-refractivity contribution is 7.86. The van der Waals surface area contributed by atoms with Crippen molar-refractivity contribution in [2.45, 2.75) is 21.6 Å². The lowest BCUT2D eigenvalue weighted by Gasteiger charge is -2.10. The molecular weight excluding hydrogens is 837 g/mol. The normalized spacial score (nSPS) is 13.0. The van der Waals surface area contributed by atoms with E-state index in [-0.39, 0.29) is 49.7 Å². The second-order valence-electron chi connectivity index (χ2n) is 13.4. The van der Waals surface area contributed by atoms with Crippen molar-refractivity contribution in [3.8, 4) is 5.75 Å². The summed E-state index contributed by atoms with van der Waals surface area (Å²) >= 11 is 0. The molecule has 0 aliphatic heterocycles. The number of nitrogens with two attached hydrogens (primary N) is 1. The van der Waals surface area contributed by atoms with Crippen molar-refractivity contribution >= 4 is 113 Å². The SMILES string of the molecule is Cc1cc2cc(N=Nc3ccc4cc(S(=O)(=O)O)c(N=Nc5ccc(N=Nc6ccc(N)c7ccc(S(=O)(=O)O)cc67)c6cc(S(=O)(=O)O)ccc56)c(O)c4c3)ccc2[nH]1. The molecule has 0 spiro atoms. The molecule has 0 amide bonds. The van der Waals surface area contributed by atoms with Gasteiger partial charge in [-0.1, -0.05) is 18.2 Å². The molecule has 1 heterocycles. The fourth-order valence-electron chi connectivity index (χ4n) is 6.55. The lowest BCUT2D eigenvalue weighted by atomic mass is 10.1. The molecule has 0 saturated carbocycles. The van der Waals surface area contributed by atoms with Crippen molar-refractivity contribution < 1.29 is 44.0 Å². The number of hydrogen-bond acceptors (Lipinski definition) is 14. The van der Waals surface area contributed by atoms with Gasteiger partial charge >= 0.3 is 0 Å². The van der Waals surface area contributed by atoms with Crippen molar-refractivity contribution in [1.82, 2.24) is 4.98 Å². The van der Waals surface area contributed by atoms with E-state index in [2.05, 4.69) is 35.7 Å². The van der Waals surface area contributed by atoms with Gasteiger partial charge in [-0.15, -0.1) is 20.5 Å². The van der Waals surface area contributed by atoms with Crippen LogP contribution in [0, 0.1) is 6.92 Å². The molecule has 0 unspecified atom stereocenters. The first-order chi connectivity index (χ1) is 28.3. The lowest BCUT2D eigenvalue weighted by molar-refractivity contribution is 0.472. The molecule has 7 aromatic carbocycles. The predicted molar refractivity (Wildman–Crippen MR) is 223 cm³/mol. The molecule has 0 aliphatic carbocycles. The molecule has 8 rings (SSSR count). The van der Waals surface area contributed by atoms with Crippen LogP contribution in [0.25, 0.3) is 43.2 Å². The van der Waals surface area contributed by atoms with Gasteiger partial charge in [0.15, 0.2) is 5.75 Å². The summed E-state index contributed by atoms with van der Waals surface area (Å²) in [6, 6.07) is 25.8. The van der Waals surface area contributed by atoms with Crippen LogP contribution in [0.1, 0.15) is 5.69 Å². The Kier molecular flexibility index (Phi) is 9.73. The predicted octanol–water partition coefficient (Wildman–Crippen LogP) is 10.2. The number of aryl methyl sites for hydroxylation is 1. The zero-order valence-corrected chi connectivity index (χ0v) is 33.1. The first-order valence-corrected chi connectivity index (χ1v) is 21.6. The van der Waals surface area contributed by atoms with Crippen LogP contribution in [0.2, 0.25) is 0 Å². The molecule has 0 bridgehead atoms. The van der Waals surface area contributed by atoms with Gasteiger partial charge in [0.1, 0.15) is 10.6 Å². The Morgan fingerprint density at radius 2 is 1.05 bits per heavy atom. The maximum Gasteiger partial charge on any atom is 0.296 e. The number of nitrogen functional groups attached to an aromatic ring is 1. The van der Waals surface area contributed by atoms with Crippen LogP contribution in [0.4, 0.5) is 39.8 Å². The van der Waals surface area contributed by atoms with Gasteiger partial charge in [0.05, 0.1) is 38.2 Å². The van der Waals surface area contributed by atoms with E-state index in [1.165, 1.54) is 60.7 Å². The van der Waals surface area contributed by atoms with Gasteiger partial charge in [0.2, 0.25) is 0 Å². The molecule has 1 aromatic heterocycles. The standard InChI is InChI=1S/C39H28N8O10S3/c1-20-14-22-15-23(4-10-33(22)41-20)42-43-24-3-2-21-16-37(60(55,56)57)38(39(48)29(21)17-24)47-46-34-12-13-36(31-19-26(59(52,53)54)6-8-28(31)34)45-44-35-11-9-32(40)27-7-5-25(18-30(27)35)58(49,50)51/h2-19,41,48H,40H2,1H3,(H,49,50,51)(H,52,53,54)(H,55,56,57). The van der Waals surface area contributed by atoms with Crippen LogP contribution in [0.15, 0.2) is 155 Å². The number of hydrogen-bond donors (Lipinski definition) is 6. The number of H-pyrrole nitrogens is 1. The Morgan fingerprint density at radius 3 is 1.68 bits per heavy atom. The minimum Gasteiger partial charge on any atom is -0.505 e. The third kappa shape index (κ3) is 7.78. The van der Waals surface area contributed by atoms with Crippen LogP contribution < -0.4 is 5.73 Å². The number of aromatic amines is 1. The molecule has 0 fully saturated rings. The summed E-state index contributed by atoms with van der Waals surface area (Å²) in [6.07, 6.45) is 0. The van der Waals surface area contributed by atoms with Crippen molar-refractivity contribution in [1.29, 1.82) is 0 Å². The van der Waals surface area contributed by atoms with Gasteiger partial charge in [-0.2, -0.15) is 35.5 Å². The molecule has 60 heavy (non-hydrogen) atoms. The summed E-state index contributed by atoms with van der Waals surface area (Å²) in [5.74, 6) is -0.665. The quantitative estimate of drug-likeness (QED) is 0.0450. The van der Waals surface area contributed by atoms with E-state index in [0.717, 1.165) is 40.9 Å². The Labute approximate surface area is 339 Å². The van der Waals surface area contributed by atoms with E-state index in [9.17, 15) is 44.0 Å². The van der Waals surface area contributed by atoms with Gasteiger partial charge in [-0.05, 0) is 103 Å². The number of fused-ring (bicyclic) bond motifs is 4. The Balaban J connectivity index is 1.21. The average Bonchev–Trinajstić information content (AvgIpc) is 3.57. The average molecular weight is 865 g/mol. The lowest BCUT2D eigenvalue weighted by Crippen LogP contribution is -1.99. The summed E-state index contributed by atoms with van der Waals surface area (Å²) in [5.41, 5.74) is 8.64. The van der Waals surface area contributed by atoms with Crippen molar-refractivity contribution in [3.05, 3.63) is 115 Å². The third-order valence-corrected chi connectivity index (χ3v) is 12.0. The Morgan fingerprint density at radius 1 is 0.500 bits per heavy atom. The molecule has 302 valence electrons. The van der Waals surface area contributed by atoms with Crippen molar-refractivity contribution in [2.24, 2.45) is 30.7 Å². The number of anilines is 1. The maximum absolute atomic E-state index is 12.6. The molecule has 0 aliphatic rings. The van der Waals surface area contributed by atoms with E-state index >= 15 is 0 Å². The second kappa shape index (κ2) is 14.7. The molecule has 21 heteroatoms. The molecule has 18 nitrogen and oxygen atoms in total. The zero-order valence-electron chi connectivity index (χ0n) is 30.6. The molecule has 0 atom stereocenters. The molecule has 0 radical (unpaired) electrons.